The van der Waals surface area contributed by atoms with Crippen LogP contribution in [0.2, 0.25) is 0 Å². The molecule has 1 aromatic rings. The zero-order chi connectivity index (χ0) is 15.7. The maximum atomic E-state index is 11.8. The van der Waals surface area contributed by atoms with Crippen LogP contribution < -0.4 is 15.4 Å². The Morgan fingerprint density at radius 3 is 2.62 bits per heavy atom. The van der Waals surface area contributed by atoms with Crippen molar-refractivity contribution in [3.8, 4) is 5.75 Å². The van der Waals surface area contributed by atoms with Crippen LogP contribution in [0.15, 0.2) is 24.3 Å². The number of amides is 1. The molecular weight excluding hydrogens is 264 g/mol. The molecule has 0 saturated heterocycles. The Bertz CT molecular complexity index is 433. The van der Waals surface area contributed by atoms with Crippen molar-refractivity contribution < 1.29 is 9.53 Å². The van der Waals surface area contributed by atoms with Crippen molar-refractivity contribution in [3.63, 3.8) is 0 Å². The molecular formula is C17H28N2O2. The van der Waals surface area contributed by atoms with Crippen LogP contribution in [-0.4, -0.2) is 24.6 Å². The molecule has 0 aliphatic carbocycles. The normalized spacial score (nSPS) is 12.2. The third kappa shape index (κ3) is 7.14. The molecule has 0 heterocycles. The number of rotatable bonds is 9. The second-order valence-electron chi connectivity index (χ2n) is 5.69. The molecule has 0 aliphatic heterocycles. The molecule has 1 unspecified atom stereocenters. The number of ether oxygens (including phenoxy) is 1. The number of nitrogens with one attached hydrogen (secondary N) is 2. The molecule has 0 saturated carbocycles. The highest BCUT2D eigenvalue weighted by Gasteiger charge is 2.09. The number of hydrogen-bond donors (Lipinski definition) is 2. The molecule has 118 valence electrons. The minimum absolute atomic E-state index is 0.0622. The summed E-state index contributed by atoms with van der Waals surface area (Å²) in [7, 11) is 0. The summed E-state index contributed by atoms with van der Waals surface area (Å²) in [4.78, 5) is 11.8. The molecule has 2 N–H and O–H groups in total. The third-order valence-electron chi connectivity index (χ3n) is 3.16. The topological polar surface area (TPSA) is 50.4 Å². The van der Waals surface area contributed by atoms with Gasteiger partial charge in [0, 0.05) is 24.2 Å². The highest BCUT2D eigenvalue weighted by atomic mass is 16.5. The highest BCUT2D eigenvalue weighted by molar-refractivity contribution is 5.77. The van der Waals surface area contributed by atoms with E-state index in [2.05, 4.69) is 31.4 Å². The van der Waals surface area contributed by atoms with E-state index in [0.29, 0.717) is 6.04 Å². The Labute approximate surface area is 128 Å². The summed E-state index contributed by atoms with van der Waals surface area (Å²) in [6.45, 7) is 9.13. The minimum atomic E-state index is -0.0671. The molecule has 1 atom stereocenters. The lowest BCUT2D eigenvalue weighted by molar-refractivity contribution is -0.123. The molecule has 1 aromatic carbocycles. The average Bonchev–Trinajstić information content (AvgIpc) is 2.43. The molecule has 21 heavy (non-hydrogen) atoms. The third-order valence-corrected chi connectivity index (χ3v) is 3.16. The van der Waals surface area contributed by atoms with E-state index in [9.17, 15) is 4.79 Å². The van der Waals surface area contributed by atoms with Crippen molar-refractivity contribution in [2.75, 3.05) is 6.61 Å². The van der Waals surface area contributed by atoms with Gasteiger partial charge in [-0.2, -0.15) is 0 Å². The van der Waals surface area contributed by atoms with Crippen molar-refractivity contribution in [1.82, 2.24) is 10.6 Å². The maximum Gasteiger partial charge on any atom is 0.258 e. The van der Waals surface area contributed by atoms with Crippen molar-refractivity contribution in [2.24, 2.45) is 0 Å². The summed E-state index contributed by atoms with van der Waals surface area (Å²) in [5, 5.41) is 6.30. The first-order chi connectivity index (χ1) is 10.0. The Hall–Kier alpha value is -1.55. The Morgan fingerprint density at radius 1 is 1.24 bits per heavy atom. The average molecular weight is 292 g/mol. The summed E-state index contributed by atoms with van der Waals surface area (Å²) >= 11 is 0. The summed E-state index contributed by atoms with van der Waals surface area (Å²) in [6.07, 6.45) is 2.05. The molecule has 0 fully saturated rings. The van der Waals surface area contributed by atoms with Gasteiger partial charge in [0.05, 0.1) is 0 Å². The molecule has 0 radical (unpaired) electrons. The molecule has 0 bridgehead atoms. The van der Waals surface area contributed by atoms with Crippen molar-refractivity contribution in [1.29, 1.82) is 0 Å². The first-order valence-electron chi connectivity index (χ1n) is 7.76. The Kier molecular flexibility index (Phi) is 7.83. The smallest absolute Gasteiger partial charge is 0.258 e. The van der Waals surface area contributed by atoms with E-state index in [1.165, 1.54) is 0 Å². The molecule has 0 aliphatic rings. The van der Waals surface area contributed by atoms with Gasteiger partial charge in [0.2, 0.25) is 0 Å². The zero-order valence-electron chi connectivity index (χ0n) is 13.6. The highest BCUT2D eigenvalue weighted by Crippen LogP contribution is 2.17. The lowest BCUT2D eigenvalue weighted by Gasteiger charge is -2.15. The van der Waals surface area contributed by atoms with Gasteiger partial charge in [-0.05, 0) is 19.4 Å². The summed E-state index contributed by atoms with van der Waals surface area (Å²) in [5.74, 6) is 0.700. The van der Waals surface area contributed by atoms with Gasteiger partial charge in [0.1, 0.15) is 5.75 Å². The van der Waals surface area contributed by atoms with E-state index in [-0.39, 0.29) is 18.6 Å². The van der Waals surface area contributed by atoms with Gasteiger partial charge in [-0.15, -0.1) is 0 Å². The maximum absolute atomic E-state index is 11.8. The fourth-order valence-electron chi connectivity index (χ4n) is 2.07. The summed E-state index contributed by atoms with van der Waals surface area (Å²) < 4.78 is 5.66. The second kappa shape index (κ2) is 9.40. The Balaban J connectivity index is 2.49. The van der Waals surface area contributed by atoms with E-state index in [4.69, 9.17) is 4.74 Å². The van der Waals surface area contributed by atoms with Gasteiger partial charge in [0.25, 0.3) is 5.91 Å². The molecule has 4 heteroatoms. The predicted molar refractivity (Wildman–Crippen MR) is 86.4 cm³/mol. The number of carbonyl (C=O) groups excluding carboxylic acids is 1. The van der Waals surface area contributed by atoms with Crippen LogP contribution in [0.25, 0.3) is 0 Å². The lowest BCUT2D eigenvalue weighted by Crippen LogP contribution is -2.36. The first-order valence-corrected chi connectivity index (χ1v) is 7.76. The van der Waals surface area contributed by atoms with E-state index in [1.54, 1.807) is 0 Å². The molecule has 0 spiro atoms. The van der Waals surface area contributed by atoms with Crippen LogP contribution in [0.3, 0.4) is 0 Å². The van der Waals surface area contributed by atoms with Crippen LogP contribution >= 0.6 is 0 Å². The van der Waals surface area contributed by atoms with Crippen LogP contribution in [0.4, 0.5) is 0 Å². The number of para-hydroxylation sites is 1. The first kappa shape index (κ1) is 17.5. The largest absolute Gasteiger partial charge is 0.483 e. The van der Waals surface area contributed by atoms with Crippen LogP contribution in [0.5, 0.6) is 5.75 Å². The SMILES string of the molecule is CCCC(C)NC(=O)COc1ccccc1CNC(C)C. The monoisotopic (exact) mass is 292 g/mol. The number of benzene rings is 1. The molecule has 4 nitrogen and oxygen atoms in total. The summed E-state index contributed by atoms with van der Waals surface area (Å²) in [6, 6.07) is 8.43. The van der Waals surface area contributed by atoms with Crippen molar-refractivity contribution in [3.05, 3.63) is 29.8 Å². The van der Waals surface area contributed by atoms with Crippen molar-refractivity contribution in [2.45, 2.75) is 59.2 Å². The molecule has 1 rings (SSSR count). The van der Waals surface area contributed by atoms with Crippen LogP contribution in [0.1, 0.15) is 46.1 Å². The van der Waals surface area contributed by atoms with Gasteiger partial charge < -0.3 is 15.4 Å². The fourth-order valence-corrected chi connectivity index (χ4v) is 2.07. The van der Waals surface area contributed by atoms with Crippen molar-refractivity contribution >= 4 is 5.91 Å². The standard InChI is InChI=1S/C17H28N2O2/c1-5-8-14(4)19-17(20)12-21-16-10-7-6-9-15(16)11-18-13(2)3/h6-7,9-10,13-14,18H,5,8,11-12H2,1-4H3,(H,19,20). The minimum Gasteiger partial charge on any atom is -0.483 e. The van der Waals surface area contributed by atoms with Gasteiger partial charge in [-0.25, -0.2) is 0 Å². The quantitative estimate of drug-likeness (QED) is 0.736. The van der Waals surface area contributed by atoms with Gasteiger partial charge in [-0.1, -0.05) is 45.4 Å². The number of carbonyl (C=O) groups is 1. The second-order valence-corrected chi connectivity index (χ2v) is 5.69. The lowest BCUT2D eigenvalue weighted by atomic mass is 10.2. The summed E-state index contributed by atoms with van der Waals surface area (Å²) in [5.41, 5.74) is 1.07. The van der Waals surface area contributed by atoms with Gasteiger partial charge in [-0.3, -0.25) is 4.79 Å². The predicted octanol–water partition coefficient (Wildman–Crippen LogP) is 2.87. The van der Waals surface area contributed by atoms with Crippen LogP contribution in [-0.2, 0) is 11.3 Å². The Morgan fingerprint density at radius 2 is 1.95 bits per heavy atom. The van der Waals surface area contributed by atoms with Gasteiger partial charge >= 0.3 is 0 Å². The fraction of sp³-hybridized carbons (Fsp3) is 0.588. The van der Waals surface area contributed by atoms with Gasteiger partial charge in [0.15, 0.2) is 6.61 Å². The van der Waals surface area contributed by atoms with E-state index in [0.717, 1.165) is 30.7 Å². The van der Waals surface area contributed by atoms with E-state index in [1.807, 2.05) is 31.2 Å². The van der Waals surface area contributed by atoms with E-state index < -0.39 is 0 Å². The van der Waals surface area contributed by atoms with E-state index >= 15 is 0 Å². The van der Waals surface area contributed by atoms with Crippen LogP contribution in [0, 0.1) is 0 Å². The molecule has 0 aromatic heterocycles. The zero-order valence-corrected chi connectivity index (χ0v) is 13.6. The number of hydrogen-bond acceptors (Lipinski definition) is 3. The molecule has 1 amide bonds.